The minimum Gasteiger partial charge on any atom is -0.348 e. The predicted molar refractivity (Wildman–Crippen MR) is 131 cm³/mol. The number of hydrogen-bond acceptors (Lipinski definition) is 5. The Balaban J connectivity index is 1.34. The molecule has 2 amide bonds. The van der Waals surface area contributed by atoms with Crippen molar-refractivity contribution < 1.29 is 18.0 Å². The van der Waals surface area contributed by atoms with Crippen LogP contribution in [0.5, 0.6) is 0 Å². The van der Waals surface area contributed by atoms with Gasteiger partial charge in [-0.3, -0.25) is 14.4 Å². The lowest BCUT2D eigenvalue weighted by Crippen LogP contribution is -2.53. The molecule has 1 aromatic heterocycles. The summed E-state index contributed by atoms with van der Waals surface area (Å²) >= 11 is 0. The topological polar surface area (TPSA) is 109 Å². The van der Waals surface area contributed by atoms with Gasteiger partial charge in [0.1, 0.15) is 11.3 Å². The zero-order chi connectivity index (χ0) is 25.0. The van der Waals surface area contributed by atoms with Gasteiger partial charge in [-0.15, -0.1) is 0 Å². The zero-order valence-corrected chi connectivity index (χ0v) is 20.9. The lowest BCUT2D eigenvalue weighted by molar-refractivity contribution is 0.0645. The number of carbonyl (C=O) groups excluding carboxylic acids is 2. The number of carbonyl (C=O) groups is 2. The number of pyridine rings is 1. The summed E-state index contributed by atoms with van der Waals surface area (Å²) in [6.45, 7) is 5.41. The van der Waals surface area contributed by atoms with E-state index < -0.39 is 27.0 Å². The summed E-state index contributed by atoms with van der Waals surface area (Å²) in [5.41, 5.74) is 1.90. The average molecular weight is 499 g/mol. The van der Waals surface area contributed by atoms with Gasteiger partial charge in [0.25, 0.3) is 17.4 Å². The molecule has 10 heteroatoms. The summed E-state index contributed by atoms with van der Waals surface area (Å²) in [6.07, 6.45) is 2.09. The summed E-state index contributed by atoms with van der Waals surface area (Å²) in [5.74, 6) is -0.602. The molecule has 1 aromatic carbocycles. The molecule has 3 heterocycles. The van der Waals surface area contributed by atoms with E-state index in [4.69, 9.17) is 0 Å². The molecule has 35 heavy (non-hydrogen) atoms. The van der Waals surface area contributed by atoms with Crippen LogP contribution in [0.15, 0.2) is 35.1 Å². The second-order valence-corrected chi connectivity index (χ2v) is 11.9. The highest BCUT2D eigenvalue weighted by molar-refractivity contribution is 7.89. The zero-order valence-electron chi connectivity index (χ0n) is 20.0. The smallest absolute Gasteiger partial charge is 0.270 e. The van der Waals surface area contributed by atoms with Crippen LogP contribution in [0.25, 0.3) is 0 Å². The molecule has 2 aliphatic heterocycles. The summed E-state index contributed by atoms with van der Waals surface area (Å²) in [4.78, 5) is 41.0. The molecule has 2 aromatic rings. The van der Waals surface area contributed by atoms with E-state index in [0.29, 0.717) is 38.2 Å². The number of sulfonamides is 1. The standard InChI is InChI=1S/C25H30N4O5S/c1-17-4-6-19(7-5-17)15-26-22(30)20-14-18(2)21-24(32)27(11-12-28(21)23(20)31)16-25(8-9-25)29-10-3-13-35(29,33)34/h4-7,14H,3,8-13,15-16H2,1-2H3,(H,26,30). The number of amides is 2. The van der Waals surface area contributed by atoms with E-state index in [0.717, 1.165) is 24.0 Å². The molecule has 1 saturated heterocycles. The minimum absolute atomic E-state index is 0.0152. The highest BCUT2D eigenvalue weighted by Crippen LogP contribution is 2.46. The first-order valence-corrected chi connectivity index (χ1v) is 13.6. The quantitative estimate of drug-likeness (QED) is 0.648. The van der Waals surface area contributed by atoms with Crippen LogP contribution >= 0.6 is 0 Å². The van der Waals surface area contributed by atoms with Gasteiger partial charge in [0.15, 0.2) is 0 Å². The van der Waals surface area contributed by atoms with Crippen molar-refractivity contribution >= 4 is 21.8 Å². The van der Waals surface area contributed by atoms with Gasteiger partial charge in [-0.2, -0.15) is 4.31 Å². The molecule has 1 saturated carbocycles. The van der Waals surface area contributed by atoms with Crippen LogP contribution < -0.4 is 10.9 Å². The number of nitrogens with zero attached hydrogens (tertiary/aromatic N) is 3. The van der Waals surface area contributed by atoms with E-state index >= 15 is 0 Å². The summed E-state index contributed by atoms with van der Waals surface area (Å²) in [5, 5.41) is 2.80. The van der Waals surface area contributed by atoms with Crippen molar-refractivity contribution in [3.05, 3.63) is 68.6 Å². The number of benzene rings is 1. The van der Waals surface area contributed by atoms with E-state index in [-0.39, 0.29) is 29.5 Å². The molecule has 186 valence electrons. The summed E-state index contributed by atoms with van der Waals surface area (Å²) in [6, 6.07) is 9.25. The third kappa shape index (κ3) is 4.29. The molecule has 5 rings (SSSR count). The van der Waals surface area contributed by atoms with Crippen molar-refractivity contribution in [2.45, 2.75) is 51.7 Å². The van der Waals surface area contributed by atoms with Crippen LogP contribution in [-0.2, 0) is 23.1 Å². The third-order valence-electron chi connectivity index (χ3n) is 7.32. The Morgan fingerprint density at radius 3 is 2.40 bits per heavy atom. The Bertz CT molecular complexity index is 1360. The molecule has 0 radical (unpaired) electrons. The van der Waals surface area contributed by atoms with Crippen molar-refractivity contribution in [2.24, 2.45) is 0 Å². The fraction of sp³-hybridized carbons (Fsp3) is 0.480. The van der Waals surface area contributed by atoms with Gasteiger partial charge in [0, 0.05) is 32.7 Å². The average Bonchev–Trinajstić information content (AvgIpc) is 3.50. The molecule has 1 N–H and O–H groups in total. The number of fused-ring (bicyclic) bond motifs is 1. The van der Waals surface area contributed by atoms with Gasteiger partial charge in [0.2, 0.25) is 10.0 Å². The van der Waals surface area contributed by atoms with Crippen LogP contribution in [0.1, 0.15) is 56.8 Å². The maximum Gasteiger partial charge on any atom is 0.270 e. The molecule has 0 spiro atoms. The Labute approximate surface area is 204 Å². The first kappa shape index (κ1) is 23.7. The van der Waals surface area contributed by atoms with Crippen molar-refractivity contribution in [3.63, 3.8) is 0 Å². The van der Waals surface area contributed by atoms with E-state index in [2.05, 4.69) is 5.32 Å². The van der Waals surface area contributed by atoms with Gasteiger partial charge < -0.3 is 14.8 Å². The second-order valence-electron chi connectivity index (χ2n) is 9.91. The van der Waals surface area contributed by atoms with Gasteiger partial charge in [0.05, 0.1) is 11.3 Å². The van der Waals surface area contributed by atoms with Crippen molar-refractivity contribution in [1.82, 2.24) is 19.1 Å². The Morgan fingerprint density at radius 1 is 1.06 bits per heavy atom. The van der Waals surface area contributed by atoms with Crippen LogP contribution in [0.4, 0.5) is 0 Å². The predicted octanol–water partition coefficient (Wildman–Crippen LogP) is 1.42. The Kier molecular flexibility index (Phi) is 5.83. The van der Waals surface area contributed by atoms with E-state index in [1.807, 2.05) is 31.2 Å². The van der Waals surface area contributed by atoms with Crippen molar-refractivity contribution in [2.75, 3.05) is 25.4 Å². The molecule has 0 atom stereocenters. The maximum atomic E-state index is 13.4. The van der Waals surface area contributed by atoms with Crippen molar-refractivity contribution in [1.29, 1.82) is 0 Å². The Hall–Kier alpha value is -2.98. The van der Waals surface area contributed by atoms with Gasteiger partial charge >= 0.3 is 0 Å². The normalized spacial score (nSPS) is 20.5. The van der Waals surface area contributed by atoms with Gasteiger partial charge in [-0.05, 0) is 50.3 Å². The van der Waals surface area contributed by atoms with E-state index in [1.54, 1.807) is 16.1 Å². The largest absolute Gasteiger partial charge is 0.348 e. The summed E-state index contributed by atoms with van der Waals surface area (Å²) < 4.78 is 27.9. The molecule has 1 aliphatic carbocycles. The highest BCUT2D eigenvalue weighted by atomic mass is 32.2. The second kappa shape index (κ2) is 8.60. The lowest BCUT2D eigenvalue weighted by atomic mass is 10.1. The monoisotopic (exact) mass is 498 g/mol. The molecule has 3 aliphatic rings. The number of hydrogen-bond donors (Lipinski definition) is 1. The summed E-state index contributed by atoms with van der Waals surface area (Å²) in [7, 11) is -3.27. The van der Waals surface area contributed by atoms with Gasteiger partial charge in [-0.1, -0.05) is 29.8 Å². The van der Waals surface area contributed by atoms with Crippen LogP contribution in [0.2, 0.25) is 0 Å². The molecule has 0 unspecified atom stereocenters. The van der Waals surface area contributed by atoms with Crippen LogP contribution in [0, 0.1) is 13.8 Å². The molecule has 9 nitrogen and oxygen atoms in total. The first-order valence-electron chi connectivity index (χ1n) is 12.0. The first-order chi connectivity index (χ1) is 16.6. The van der Waals surface area contributed by atoms with Crippen molar-refractivity contribution in [3.8, 4) is 0 Å². The minimum atomic E-state index is -3.27. The molecular weight excluding hydrogens is 468 g/mol. The van der Waals surface area contributed by atoms with Crippen LogP contribution in [0.3, 0.4) is 0 Å². The molecule has 0 bridgehead atoms. The highest BCUT2D eigenvalue weighted by Gasteiger charge is 2.55. The fourth-order valence-electron chi connectivity index (χ4n) is 5.23. The van der Waals surface area contributed by atoms with E-state index in [1.165, 1.54) is 10.6 Å². The van der Waals surface area contributed by atoms with Crippen LogP contribution in [-0.4, -0.2) is 64.9 Å². The number of rotatable bonds is 6. The lowest BCUT2D eigenvalue weighted by Gasteiger charge is -2.36. The van der Waals surface area contributed by atoms with E-state index in [9.17, 15) is 22.8 Å². The molecule has 2 fully saturated rings. The molecular formula is C25H30N4O5S. The van der Waals surface area contributed by atoms with Gasteiger partial charge in [-0.25, -0.2) is 8.42 Å². The fourth-order valence-corrected chi connectivity index (χ4v) is 7.18. The Morgan fingerprint density at radius 2 is 1.77 bits per heavy atom. The maximum absolute atomic E-state index is 13.4. The third-order valence-corrected chi connectivity index (χ3v) is 9.37. The number of aryl methyl sites for hydroxylation is 2. The number of nitrogens with one attached hydrogen (secondary N) is 1. The number of aromatic nitrogens is 1. The SMILES string of the molecule is Cc1ccc(CNC(=O)c2cc(C)c3n(c2=O)CCN(CC2(N4CCCS4(=O)=O)CC2)C3=O)cc1.